The Kier molecular flexibility index (Phi) is 13.3. The molecule has 8 nitrogen and oxygen atoms in total. The first-order chi connectivity index (χ1) is 13.5. The van der Waals surface area contributed by atoms with Gasteiger partial charge in [0.2, 0.25) is 17.7 Å². The summed E-state index contributed by atoms with van der Waals surface area (Å²) in [6.07, 6.45) is 9.22. The summed E-state index contributed by atoms with van der Waals surface area (Å²) >= 11 is 0. The molecule has 3 amide bonds. The van der Waals surface area contributed by atoms with Crippen LogP contribution in [0.15, 0.2) is 0 Å². The molecule has 0 bridgehead atoms. The highest BCUT2D eigenvalue weighted by Crippen LogP contribution is 2.12. The van der Waals surface area contributed by atoms with Gasteiger partial charge in [-0.25, -0.2) is 0 Å². The Bertz CT molecular complexity index is 467. The van der Waals surface area contributed by atoms with E-state index in [9.17, 15) is 14.4 Å². The highest BCUT2D eigenvalue weighted by atomic mass is 16.2. The van der Waals surface area contributed by atoms with Crippen LogP contribution in [-0.2, 0) is 14.4 Å². The van der Waals surface area contributed by atoms with Crippen LogP contribution in [0, 0.1) is 0 Å². The van der Waals surface area contributed by atoms with Crippen molar-refractivity contribution >= 4 is 17.7 Å². The molecule has 0 aromatic rings. The van der Waals surface area contributed by atoms with Crippen LogP contribution in [-0.4, -0.2) is 61.4 Å². The van der Waals surface area contributed by atoms with E-state index in [1.54, 1.807) is 0 Å². The monoisotopic (exact) mass is 397 g/mol. The van der Waals surface area contributed by atoms with Crippen LogP contribution < -0.4 is 22.1 Å². The van der Waals surface area contributed by atoms with Crippen LogP contribution in [0.1, 0.15) is 70.6 Å². The third kappa shape index (κ3) is 11.2. The first-order valence-corrected chi connectivity index (χ1v) is 10.8. The predicted molar refractivity (Wildman–Crippen MR) is 110 cm³/mol. The highest BCUT2D eigenvalue weighted by molar-refractivity contribution is 5.83. The lowest BCUT2D eigenvalue weighted by Gasteiger charge is -2.24. The molecule has 0 radical (unpaired) electrons. The molecule has 0 unspecified atom stereocenters. The minimum atomic E-state index is -0.368. The predicted octanol–water partition coefficient (Wildman–Crippen LogP) is 0.638. The van der Waals surface area contributed by atoms with Crippen LogP contribution in [0.4, 0.5) is 0 Å². The van der Waals surface area contributed by atoms with Gasteiger partial charge in [-0.3, -0.25) is 14.4 Å². The van der Waals surface area contributed by atoms with E-state index in [4.69, 9.17) is 11.5 Å². The number of nitrogens with one attached hydrogen (secondary N) is 2. The van der Waals surface area contributed by atoms with Crippen LogP contribution >= 0.6 is 0 Å². The number of primary amides is 1. The molecule has 1 rings (SSSR count). The van der Waals surface area contributed by atoms with Crippen molar-refractivity contribution in [1.82, 2.24) is 15.5 Å². The Morgan fingerprint density at radius 3 is 2.25 bits per heavy atom. The quantitative estimate of drug-likeness (QED) is 0.284. The number of carbonyl (C=O) groups excluding carboxylic acids is 3. The largest absolute Gasteiger partial charge is 0.370 e. The number of nitrogens with two attached hydrogens (primary N) is 2. The fourth-order valence-electron chi connectivity index (χ4n) is 3.39. The van der Waals surface area contributed by atoms with E-state index in [0.29, 0.717) is 25.9 Å². The van der Waals surface area contributed by atoms with Crippen molar-refractivity contribution in [3.05, 3.63) is 0 Å². The maximum atomic E-state index is 12.6. The second-order valence-electron chi connectivity index (χ2n) is 7.55. The van der Waals surface area contributed by atoms with E-state index in [0.717, 1.165) is 71.0 Å². The second-order valence-corrected chi connectivity index (χ2v) is 7.55. The van der Waals surface area contributed by atoms with Gasteiger partial charge >= 0.3 is 0 Å². The Morgan fingerprint density at radius 1 is 0.893 bits per heavy atom. The van der Waals surface area contributed by atoms with E-state index in [1.165, 1.54) is 0 Å². The first-order valence-electron chi connectivity index (χ1n) is 10.8. The van der Waals surface area contributed by atoms with Gasteiger partial charge in [-0.2, -0.15) is 0 Å². The molecule has 0 spiro atoms. The minimum absolute atomic E-state index is 0.0967. The average molecular weight is 398 g/mol. The number of rotatable bonds is 16. The summed E-state index contributed by atoms with van der Waals surface area (Å²) in [4.78, 5) is 37.1. The number of amides is 3. The standard InChI is InChI=1S/C20H39N5O3/c21-12-8-14-24-19(27)9-4-2-1-3-5-13-23-17(10-11-18(22)26)20(28)25-15-6-7-16-25/h17,23H,1-16,21H2,(H2,22,26)(H,24,27)/t17-/m0/s1. The zero-order chi connectivity index (χ0) is 20.6. The summed E-state index contributed by atoms with van der Waals surface area (Å²) in [5, 5.41) is 6.18. The Balaban J connectivity index is 2.12. The van der Waals surface area contributed by atoms with E-state index < -0.39 is 0 Å². The molecular weight excluding hydrogens is 358 g/mol. The molecule has 1 atom stereocenters. The number of carbonyl (C=O) groups is 3. The normalized spacial score (nSPS) is 14.8. The van der Waals surface area contributed by atoms with Crippen LogP contribution in [0.3, 0.4) is 0 Å². The van der Waals surface area contributed by atoms with Gasteiger partial charge in [0, 0.05) is 32.5 Å². The number of nitrogens with zero attached hydrogens (tertiary/aromatic N) is 1. The molecule has 0 saturated carbocycles. The molecule has 1 saturated heterocycles. The smallest absolute Gasteiger partial charge is 0.239 e. The van der Waals surface area contributed by atoms with Gasteiger partial charge in [0.25, 0.3) is 0 Å². The molecule has 6 N–H and O–H groups in total. The van der Waals surface area contributed by atoms with Gasteiger partial charge in [-0.05, 0) is 51.6 Å². The summed E-state index contributed by atoms with van der Waals surface area (Å²) in [5.41, 5.74) is 10.6. The van der Waals surface area contributed by atoms with Gasteiger partial charge < -0.3 is 27.0 Å². The number of likely N-dealkylation sites (tertiary alicyclic amines) is 1. The van der Waals surface area contributed by atoms with Crippen molar-refractivity contribution < 1.29 is 14.4 Å². The van der Waals surface area contributed by atoms with E-state index in [1.807, 2.05) is 4.90 Å². The van der Waals surface area contributed by atoms with Crippen molar-refractivity contribution in [3.63, 3.8) is 0 Å². The molecular formula is C20H39N5O3. The minimum Gasteiger partial charge on any atom is -0.370 e. The summed E-state index contributed by atoms with van der Waals surface area (Å²) in [5.74, 6) is -0.166. The van der Waals surface area contributed by atoms with Crippen LogP contribution in [0.25, 0.3) is 0 Å². The molecule has 162 valence electrons. The lowest BCUT2D eigenvalue weighted by atomic mass is 10.1. The van der Waals surface area contributed by atoms with Gasteiger partial charge in [0.1, 0.15) is 0 Å². The van der Waals surface area contributed by atoms with Crippen molar-refractivity contribution in [2.75, 3.05) is 32.7 Å². The zero-order valence-corrected chi connectivity index (χ0v) is 17.2. The van der Waals surface area contributed by atoms with E-state index in [-0.39, 0.29) is 30.2 Å². The van der Waals surface area contributed by atoms with Crippen molar-refractivity contribution in [3.8, 4) is 0 Å². The number of unbranched alkanes of at least 4 members (excludes halogenated alkanes) is 4. The van der Waals surface area contributed by atoms with E-state index in [2.05, 4.69) is 10.6 Å². The molecule has 0 aromatic heterocycles. The summed E-state index contributed by atoms with van der Waals surface area (Å²) in [6, 6.07) is -0.317. The maximum absolute atomic E-state index is 12.6. The topological polar surface area (TPSA) is 131 Å². The van der Waals surface area contributed by atoms with Gasteiger partial charge in [0.05, 0.1) is 6.04 Å². The molecule has 1 heterocycles. The molecule has 0 aliphatic carbocycles. The molecule has 1 aliphatic heterocycles. The van der Waals surface area contributed by atoms with Crippen molar-refractivity contribution in [1.29, 1.82) is 0 Å². The summed E-state index contributed by atoms with van der Waals surface area (Å²) in [6.45, 7) is 3.64. The molecule has 1 aliphatic rings. The van der Waals surface area contributed by atoms with Crippen molar-refractivity contribution in [2.24, 2.45) is 11.5 Å². The molecule has 8 heteroatoms. The highest BCUT2D eigenvalue weighted by Gasteiger charge is 2.26. The Hall–Kier alpha value is -1.67. The zero-order valence-electron chi connectivity index (χ0n) is 17.2. The summed E-state index contributed by atoms with van der Waals surface area (Å²) in [7, 11) is 0. The molecule has 1 fully saturated rings. The third-order valence-electron chi connectivity index (χ3n) is 5.07. The lowest BCUT2D eigenvalue weighted by molar-refractivity contribution is -0.132. The van der Waals surface area contributed by atoms with Gasteiger partial charge in [-0.1, -0.05) is 19.3 Å². The molecule has 28 heavy (non-hydrogen) atoms. The van der Waals surface area contributed by atoms with Crippen LogP contribution in [0.5, 0.6) is 0 Å². The van der Waals surface area contributed by atoms with Crippen LogP contribution in [0.2, 0.25) is 0 Å². The van der Waals surface area contributed by atoms with Gasteiger partial charge in [0.15, 0.2) is 0 Å². The Morgan fingerprint density at radius 2 is 1.57 bits per heavy atom. The fourth-order valence-corrected chi connectivity index (χ4v) is 3.39. The fraction of sp³-hybridized carbons (Fsp3) is 0.850. The lowest BCUT2D eigenvalue weighted by Crippen LogP contribution is -2.46. The first kappa shape index (κ1) is 24.4. The number of hydrogen-bond acceptors (Lipinski definition) is 5. The molecule has 0 aromatic carbocycles. The summed E-state index contributed by atoms with van der Waals surface area (Å²) < 4.78 is 0. The van der Waals surface area contributed by atoms with E-state index >= 15 is 0 Å². The van der Waals surface area contributed by atoms with Gasteiger partial charge in [-0.15, -0.1) is 0 Å². The average Bonchev–Trinajstić information content (AvgIpc) is 3.20. The number of hydrogen-bond donors (Lipinski definition) is 4. The van der Waals surface area contributed by atoms with Crippen molar-refractivity contribution in [2.45, 2.75) is 76.7 Å². The second kappa shape index (κ2) is 15.3. The maximum Gasteiger partial charge on any atom is 0.239 e. The SMILES string of the molecule is NCCCNC(=O)CCCCCCCN[C@@H](CCC(N)=O)C(=O)N1CCCC1. The Labute approximate surface area is 169 Å². The third-order valence-corrected chi connectivity index (χ3v) is 5.07.